The monoisotopic (exact) mass is 208 g/mol. The smallest absolute Gasteiger partial charge is 0.204 e. The number of hydrogen-bond donors (Lipinski definition) is 1. The van der Waals surface area contributed by atoms with Crippen molar-refractivity contribution in [2.45, 2.75) is 13.5 Å². The Labute approximate surface area is 91.6 Å². The van der Waals surface area contributed by atoms with Gasteiger partial charge in [0.25, 0.3) is 0 Å². The minimum atomic E-state index is 0.824. The van der Waals surface area contributed by atoms with Crippen LogP contribution in [0.3, 0.4) is 0 Å². The molecule has 1 aromatic rings. The average molecular weight is 208 g/mol. The van der Waals surface area contributed by atoms with E-state index in [1.54, 1.807) is 0 Å². The molecule has 1 N–H and O–H groups in total. The van der Waals surface area contributed by atoms with Crippen LogP contribution in [0.5, 0.6) is 0 Å². The number of hydrogen-bond acceptors (Lipinski definition) is 3. The number of anilines is 1. The van der Waals surface area contributed by atoms with Gasteiger partial charge in [0.05, 0.1) is 11.9 Å². The van der Waals surface area contributed by atoms with Gasteiger partial charge in [-0.15, -0.1) is 0 Å². The van der Waals surface area contributed by atoms with Crippen LogP contribution in [0, 0.1) is 0 Å². The molecule has 0 saturated carbocycles. The summed E-state index contributed by atoms with van der Waals surface area (Å²) in [7, 11) is 6.01. The molecule has 0 bridgehead atoms. The second-order valence-corrected chi connectivity index (χ2v) is 4.06. The maximum absolute atomic E-state index is 4.34. The third-order valence-corrected chi connectivity index (χ3v) is 2.19. The maximum Gasteiger partial charge on any atom is 0.204 e. The Morgan fingerprint density at radius 3 is 2.73 bits per heavy atom. The Morgan fingerprint density at radius 2 is 2.27 bits per heavy atom. The fourth-order valence-electron chi connectivity index (χ4n) is 1.42. The number of aromatic nitrogens is 2. The van der Waals surface area contributed by atoms with Crippen LogP contribution in [0.15, 0.2) is 18.3 Å². The molecule has 0 aliphatic carbocycles. The molecule has 0 aliphatic rings. The van der Waals surface area contributed by atoms with Crippen molar-refractivity contribution in [2.75, 3.05) is 25.5 Å². The summed E-state index contributed by atoms with van der Waals surface area (Å²) >= 11 is 0. The van der Waals surface area contributed by atoms with Crippen molar-refractivity contribution in [3.8, 4) is 0 Å². The van der Waals surface area contributed by atoms with Gasteiger partial charge in [0, 0.05) is 34.2 Å². The van der Waals surface area contributed by atoms with Crippen LogP contribution in [-0.2, 0) is 13.6 Å². The lowest BCUT2D eigenvalue weighted by atomic mass is 10.3. The molecule has 84 valence electrons. The largest absolute Gasteiger partial charge is 0.348 e. The third-order valence-electron chi connectivity index (χ3n) is 2.19. The van der Waals surface area contributed by atoms with Crippen molar-refractivity contribution in [3.05, 3.63) is 24.0 Å². The van der Waals surface area contributed by atoms with E-state index in [1.165, 1.54) is 5.69 Å². The maximum atomic E-state index is 4.34. The van der Waals surface area contributed by atoms with Crippen LogP contribution < -0.4 is 10.2 Å². The van der Waals surface area contributed by atoms with Gasteiger partial charge in [-0.05, 0) is 6.92 Å². The highest BCUT2D eigenvalue weighted by Gasteiger charge is 2.06. The lowest BCUT2D eigenvalue weighted by Gasteiger charge is -2.12. The first-order valence-electron chi connectivity index (χ1n) is 5.05. The van der Waals surface area contributed by atoms with E-state index in [4.69, 9.17) is 0 Å². The van der Waals surface area contributed by atoms with E-state index >= 15 is 0 Å². The van der Waals surface area contributed by atoms with Crippen LogP contribution >= 0.6 is 0 Å². The first-order chi connectivity index (χ1) is 7.02. The van der Waals surface area contributed by atoms with E-state index in [-0.39, 0.29) is 0 Å². The number of rotatable bonds is 5. The molecule has 0 aliphatic heterocycles. The van der Waals surface area contributed by atoms with Crippen LogP contribution in [0.2, 0.25) is 0 Å². The molecule has 1 heterocycles. The summed E-state index contributed by atoms with van der Waals surface area (Å²) in [6, 6.07) is 0. The summed E-state index contributed by atoms with van der Waals surface area (Å²) < 4.78 is 2.09. The van der Waals surface area contributed by atoms with E-state index in [0.717, 1.165) is 24.6 Å². The van der Waals surface area contributed by atoms with E-state index in [9.17, 15) is 0 Å². The lowest BCUT2D eigenvalue weighted by Crippen LogP contribution is -2.19. The Bertz CT molecular complexity index is 338. The van der Waals surface area contributed by atoms with E-state index < -0.39 is 0 Å². The molecule has 0 aromatic carbocycles. The highest BCUT2D eigenvalue weighted by atomic mass is 15.3. The van der Waals surface area contributed by atoms with Crippen LogP contribution in [0.4, 0.5) is 5.95 Å². The zero-order valence-electron chi connectivity index (χ0n) is 10.0. The number of nitrogens with one attached hydrogen (secondary N) is 1. The minimum absolute atomic E-state index is 0.824. The van der Waals surface area contributed by atoms with Crippen molar-refractivity contribution in [2.24, 2.45) is 7.05 Å². The van der Waals surface area contributed by atoms with Crippen LogP contribution in [0.25, 0.3) is 0 Å². The first-order valence-corrected chi connectivity index (χ1v) is 5.05. The quantitative estimate of drug-likeness (QED) is 0.737. The molecule has 0 saturated heterocycles. The van der Waals surface area contributed by atoms with Crippen molar-refractivity contribution in [3.63, 3.8) is 0 Å². The Kier molecular flexibility index (Phi) is 3.91. The molecule has 0 fully saturated rings. The van der Waals surface area contributed by atoms with Gasteiger partial charge < -0.3 is 14.8 Å². The summed E-state index contributed by atoms with van der Waals surface area (Å²) in [6.07, 6.45) is 1.90. The fraction of sp³-hybridized carbons (Fsp3) is 0.545. The van der Waals surface area contributed by atoms with Crippen molar-refractivity contribution >= 4 is 5.95 Å². The van der Waals surface area contributed by atoms with Gasteiger partial charge >= 0.3 is 0 Å². The second-order valence-electron chi connectivity index (χ2n) is 4.06. The molecular formula is C11H20N4. The van der Waals surface area contributed by atoms with Gasteiger partial charge in [-0.1, -0.05) is 12.2 Å². The molecule has 4 heteroatoms. The van der Waals surface area contributed by atoms with Crippen molar-refractivity contribution < 1.29 is 0 Å². The SMILES string of the molecule is C=C(C)CNCc1cnc(N(C)C)n1C. The normalized spacial score (nSPS) is 10.4. The second kappa shape index (κ2) is 4.98. The van der Waals surface area contributed by atoms with E-state index in [2.05, 4.69) is 21.4 Å². The molecule has 4 nitrogen and oxygen atoms in total. The molecular weight excluding hydrogens is 188 g/mol. The lowest BCUT2D eigenvalue weighted by molar-refractivity contribution is 0.687. The van der Waals surface area contributed by atoms with Gasteiger partial charge in [-0.25, -0.2) is 4.98 Å². The number of nitrogens with zero attached hydrogens (tertiary/aromatic N) is 3. The Morgan fingerprint density at radius 1 is 1.60 bits per heavy atom. The summed E-state index contributed by atoms with van der Waals surface area (Å²) in [5, 5.41) is 3.32. The Balaban J connectivity index is 2.59. The molecule has 15 heavy (non-hydrogen) atoms. The van der Waals surface area contributed by atoms with E-state index in [1.807, 2.05) is 39.2 Å². The Hall–Kier alpha value is -1.29. The fourth-order valence-corrected chi connectivity index (χ4v) is 1.42. The molecule has 0 atom stereocenters. The van der Waals surface area contributed by atoms with Gasteiger partial charge in [0.15, 0.2) is 0 Å². The summed E-state index contributed by atoms with van der Waals surface area (Å²) in [6.45, 7) is 7.54. The third kappa shape index (κ3) is 3.09. The van der Waals surface area contributed by atoms with Crippen LogP contribution in [-0.4, -0.2) is 30.2 Å². The molecule has 0 amide bonds. The molecule has 0 unspecified atom stereocenters. The topological polar surface area (TPSA) is 33.1 Å². The van der Waals surface area contributed by atoms with E-state index in [0.29, 0.717) is 0 Å². The predicted octanol–water partition coefficient (Wildman–Crippen LogP) is 1.15. The summed E-state index contributed by atoms with van der Waals surface area (Å²) in [5.74, 6) is 0.974. The first kappa shape index (κ1) is 11.8. The van der Waals surface area contributed by atoms with Crippen molar-refractivity contribution in [1.82, 2.24) is 14.9 Å². The zero-order chi connectivity index (χ0) is 11.4. The predicted molar refractivity (Wildman–Crippen MR) is 64.1 cm³/mol. The van der Waals surface area contributed by atoms with Crippen molar-refractivity contribution in [1.29, 1.82) is 0 Å². The zero-order valence-corrected chi connectivity index (χ0v) is 10.0. The molecule has 1 aromatic heterocycles. The van der Waals surface area contributed by atoms with Gasteiger partial charge in [-0.3, -0.25) is 0 Å². The van der Waals surface area contributed by atoms with Gasteiger partial charge in [0.1, 0.15) is 0 Å². The number of imidazole rings is 1. The van der Waals surface area contributed by atoms with Crippen LogP contribution in [0.1, 0.15) is 12.6 Å². The molecule has 0 spiro atoms. The summed E-state index contributed by atoms with van der Waals surface area (Å²) in [4.78, 5) is 6.34. The van der Waals surface area contributed by atoms with Gasteiger partial charge in [-0.2, -0.15) is 0 Å². The highest BCUT2D eigenvalue weighted by Crippen LogP contribution is 2.10. The molecule has 1 rings (SSSR count). The minimum Gasteiger partial charge on any atom is -0.348 e. The molecule has 0 radical (unpaired) electrons. The summed E-state index contributed by atoms with van der Waals surface area (Å²) in [5.41, 5.74) is 2.32. The average Bonchev–Trinajstić information content (AvgIpc) is 2.47. The highest BCUT2D eigenvalue weighted by molar-refractivity contribution is 5.30. The van der Waals surface area contributed by atoms with Gasteiger partial charge in [0.2, 0.25) is 5.95 Å². The standard InChI is InChI=1S/C11H20N4/c1-9(2)6-12-7-10-8-13-11(14(3)4)15(10)5/h8,12H,1,6-7H2,2-5H3.